The summed E-state index contributed by atoms with van der Waals surface area (Å²) in [4.78, 5) is 15.4. The van der Waals surface area contributed by atoms with E-state index in [1.807, 2.05) is 0 Å². The van der Waals surface area contributed by atoms with Gasteiger partial charge in [0.2, 0.25) is 0 Å². The second-order valence-corrected chi connectivity index (χ2v) is 5.38. The van der Waals surface area contributed by atoms with Crippen molar-refractivity contribution in [1.82, 2.24) is 4.98 Å². The van der Waals surface area contributed by atoms with Crippen molar-refractivity contribution in [2.75, 3.05) is 0 Å². The molecule has 3 nitrogen and oxygen atoms in total. The van der Waals surface area contributed by atoms with Crippen LogP contribution in [0.5, 0.6) is 0 Å². The summed E-state index contributed by atoms with van der Waals surface area (Å²) in [7, 11) is 0. The summed E-state index contributed by atoms with van der Waals surface area (Å²) < 4.78 is 37.6. The third-order valence-corrected chi connectivity index (χ3v) is 3.78. The second-order valence-electron chi connectivity index (χ2n) is 5.38. The smallest absolute Gasteiger partial charge is 0.416 e. The molecule has 2 aromatic rings. The maximum Gasteiger partial charge on any atom is 0.416 e. The molecule has 0 spiro atoms. The molecule has 1 aliphatic rings. The fourth-order valence-corrected chi connectivity index (χ4v) is 2.68. The molecular formula is C17H12F3NO2. The van der Waals surface area contributed by atoms with Gasteiger partial charge in [0, 0.05) is 6.20 Å². The number of carboxylic acids is 1. The predicted molar refractivity (Wildman–Crippen MR) is 78.0 cm³/mol. The van der Waals surface area contributed by atoms with Crippen molar-refractivity contribution in [2.45, 2.75) is 19.0 Å². The third-order valence-electron chi connectivity index (χ3n) is 3.78. The zero-order chi connectivity index (χ0) is 16.6. The van der Waals surface area contributed by atoms with E-state index >= 15 is 0 Å². The van der Waals surface area contributed by atoms with Crippen molar-refractivity contribution < 1.29 is 23.1 Å². The van der Waals surface area contributed by atoms with E-state index in [0.717, 1.165) is 23.3 Å². The van der Waals surface area contributed by atoms with Gasteiger partial charge in [-0.2, -0.15) is 13.2 Å². The molecule has 0 radical (unpaired) electrons. The van der Waals surface area contributed by atoms with E-state index in [2.05, 4.69) is 4.98 Å². The molecule has 1 heterocycles. The fourth-order valence-electron chi connectivity index (χ4n) is 2.68. The number of carbonyl (C=O) groups is 1. The molecule has 1 aliphatic carbocycles. The Balaban J connectivity index is 1.78. The number of hydrogen-bond donors (Lipinski definition) is 1. The maximum absolute atomic E-state index is 12.5. The number of fused-ring (bicyclic) bond motifs is 1. The van der Waals surface area contributed by atoms with E-state index in [1.165, 1.54) is 24.4 Å². The number of aromatic nitrogens is 1. The molecular weight excluding hydrogens is 307 g/mol. The van der Waals surface area contributed by atoms with Crippen LogP contribution in [-0.2, 0) is 19.0 Å². The Hall–Kier alpha value is -2.63. The summed E-state index contributed by atoms with van der Waals surface area (Å²) in [6.07, 6.45) is -0.180. The fraction of sp³-hybridized carbons (Fsp3) is 0.176. The van der Waals surface area contributed by atoms with Gasteiger partial charge in [0.15, 0.2) is 0 Å². The normalized spacial score (nSPS) is 13.6. The number of aromatic carboxylic acids is 1. The van der Waals surface area contributed by atoms with Gasteiger partial charge in [0.25, 0.3) is 0 Å². The zero-order valence-corrected chi connectivity index (χ0v) is 11.9. The standard InChI is InChI=1S/C17H12F3NO2/c18-17(19,20)12-3-1-10(2-4-12)7-11-8-14-13(16(22)23)5-6-21-15(14)9-11/h1-6,9H,7-8H2,(H,22,23). The summed E-state index contributed by atoms with van der Waals surface area (Å²) in [5, 5.41) is 9.17. The van der Waals surface area contributed by atoms with Gasteiger partial charge in [-0.25, -0.2) is 4.79 Å². The molecule has 23 heavy (non-hydrogen) atoms. The Morgan fingerprint density at radius 2 is 1.87 bits per heavy atom. The quantitative estimate of drug-likeness (QED) is 0.931. The molecule has 118 valence electrons. The molecule has 0 amide bonds. The highest BCUT2D eigenvalue weighted by atomic mass is 19.4. The van der Waals surface area contributed by atoms with Gasteiger partial charge in [0.05, 0.1) is 16.8 Å². The van der Waals surface area contributed by atoms with Crippen LogP contribution in [0.25, 0.3) is 6.08 Å². The number of halogens is 3. The monoisotopic (exact) mass is 319 g/mol. The number of hydrogen-bond acceptors (Lipinski definition) is 2. The summed E-state index contributed by atoms with van der Waals surface area (Å²) in [5.41, 5.74) is 2.48. The van der Waals surface area contributed by atoms with Gasteiger partial charge in [-0.15, -0.1) is 0 Å². The van der Waals surface area contributed by atoms with Gasteiger partial charge in [-0.05, 0) is 48.2 Å². The van der Waals surface area contributed by atoms with Crippen molar-refractivity contribution in [2.24, 2.45) is 0 Å². The SMILES string of the molecule is O=C(O)c1ccnc2c1CC(Cc1ccc(C(F)(F)F)cc1)=C2. The van der Waals surface area contributed by atoms with Crippen LogP contribution < -0.4 is 0 Å². The van der Waals surface area contributed by atoms with E-state index in [4.69, 9.17) is 0 Å². The van der Waals surface area contributed by atoms with Crippen molar-refractivity contribution in [3.8, 4) is 0 Å². The summed E-state index contributed by atoms with van der Waals surface area (Å²) in [6, 6.07) is 6.45. The van der Waals surface area contributed by atoms with Gasteiger partial charge < -0.3 is 5.11 Å². The minimum Gasteiger partial charge on any atom is -0.478 e. The highest BCUT2D eigenvalue weighted by molar-refractivity contribution is 5.91. The molecule has 0 unspecified atom stereocenters. The summed E-state index contributed by atoms with van der Waals surface area (Å²) >= 11 is 0. The minimum atomic E-state index is -4.35. The maximum atomic E-state index is 12.5. The van der Waals surface area contributed by atoms with Crippen LogP contribution >= 0.6 is 0 Å². The molecule has 1 aromatic carbocycles. The highest BCUT2D eigenvalue weighted by Crippen LogP contribution is 2.31. The molecule has 0 bridgehead atoms. The van der Waals surface area contributed by atoms with Gasteiger partial charge in [0.1, 0.15) is 0 Å². The number of nitrogens with zero attached hydrogens (tertiary/aromatic N) is 1. The van der Waals surface area contributed by atoms with Crippen LogP contribution in [0.4, 0.5) is 13.2 Å². The minimum absolute atomic E-state index is 0.216. The molecule has 0 saturated carbocycles. The number of benzene rings is 1. The lowest BCUT2D eigenvalue weighted by Crippen LogP contribution is -2.05. The van der Waals surface area contributed by atoms with E-state index in [1.54, 1.807) is 6.08 Å². The van der Waals surface area contributed by atoms with Gasteiger partial charge in [-0.1, -0.05) is 17.7 Å². The second kappa shape index (κ2) is 5.53. The van der Waals surface area contributed by atoms with E-state index < -0.39 is 17.7 Å². The van der Waals surface area contributed by atoms with E-state index in [-0.39, 0.29) is 5.56 Å². The number of alkyl halides is 3. The lowest BCUT2D eigenvalue weighted by Gasteiger charge is -2.08. The average Bonchev–Trinajstić information content (AvgIpc) is 2.88. The zero-order valence-electron chi connectivity index (χ0n) is 11.9. The highest BCUT2D eigenvalue weighted by Gasteiger charge is 2.30. The Bertz CT molecular complexity index is 792. The molecule has 0 fully saturated rings. The summed E-state index contributed by atoms with van der Waals surface area (Å²) in [5.74, 6) is -1.01. The number of carboxylic acid groups (broad SMARTS) is 1. The van der Waals surface area contributed by atoms with Crippen LogP contribution in [0.2, 0.25) is 0 Å². The van der Waals surface area contributed by atoms with Crippen LogP contribution in [0, 0.1) is 0 Å². The van der Waals surface area contributed by atoms with E-state index in [9.17, 15) is 23.1 Å². The third kappa shape index (κ3) is 3.11. The van der Waals surface area contributed by atoms with Crippen molar-refractivity contribution in [3.05, 3.63) is 70.0 Å². The number of pyridine rings is 1. The Morgan fingerprint density at radius 1 is 1.17 bits per heavy atom. The van der Waals surface area contributed by atoms with Crippen LogP contribution in [-0.4, -0.2) is 16.1 Å². The van der Waals surface area contributed by atoms with Crippen molar-refractivity contribution in [1.29, 1.82) is 0 Å². The molecule has 0 saturated heterocycles. The lowest BCUT2D eigenvalue weighted by atomic mass is 10.0. The Kier molecular flexibility index (Phi) is 3.67. The van der Waals surface area contributed by atoms with Crippen molar-refractivity contribution >= 4 is 12.0 Å². The predicted octanol–water partition coefficient (Wildman–Crippen LogP) is 3.98. The van der Waals surface area contributed by atoms with Gasteiger partial charge >= 0.3 is 12.1 Å². The van der Waals surface area contributed by atoms with Crippen LogP contribution in [0.1, 0.15) is 32.7 Å². The van der Waals surface area contributed by atoms with E-state index in [0.29, 0.717) is 24.1 Å². The van der Waals surface area contributed by atoms with Crippen molar-refractivity contribution in [3.63, 3.8) is 0 Å². The lowest BCUT2D eigenvalue weighted by molar-refractivity contribution is -0.137. The average molecular weight is 319 g/mol. The van der Waals surface area contributed by atoms with Crippen LogP contribution in [0.3, 0.4) is 0 Å². The first-order valence-electron chi connectivity index (χ1n) is 6.91. The van der Waals surface area contributed by atoms with Crippen LogP contribution in [0.15, 0.2) is 42.1 Å². The number of allylic oxidation sites excluding steroid dienone is 1. The number of rotatable bonds is 3. The molecule has 0 aliphatic heterocycles. The molecule has 6 heteroatoms. The largest absolute Gasteiger partial charge is 0.478 e. The first-order valence-corrected chi connectivity index (χ1v) is 6.91. The summed E-state index contributed by atoms with van der Waals surface area (Å²) in [6.45, 7) is 0. The Labute approximate surface area is 130 Å². The Morgan fingerprint density at radius 3 is 2.48 bits per heavy atom. The van der Waals surface area contributed by atoms with Gasteiger partial charge in [-0.3, -0.25) is 4.98 Å². The first kappa shape index (κ1) is 15.3. The first-order chi connectivity index (χ1) is 10.8. The molecule has 1 N–H and O–H groups in total. The molecule has 1 aromatic heterocycles. The molecule has 0 atom stereocenters. The molecule has 3 rings (SSSR count). The topological polar surface area (TPSA) is 50.2 Å².